The van der Waals surface area contributed by atoms with Gasteiger partial charge in [0.25, 0.3) is 0 Å². The number of hydrogen-bond acceptors (Lipinski definition) is 10. The zero-order valence-corrected chi connectivity index (χ0v) is 39.5. The summed E-state index contributed by atoms with van der Waals surface area (Å²) >= 11 is 0. The van der Waals surface area contributed by atoms with Crippen molar-refractivity contribution in [3.05, 3.63) is 48.0 Å². The van der Waals surface area contributed by atoms with Crippen LogP contribution in [0.25, 0.3) is 0 Å². The van der Waals surface area contributed by atoms with Gasteiger partial charge in [-0.3, -0.25) is 9.59 Å². The third-order valence-corrected chi connectivity index (χ3v) is 16.1. The van der Waals surface area contributed by atoms with Crippen molar-refractivity contribution < 1.29 is 53.4 Å². The van der Waals surface area contributed by atoms with Crippen LogP contribution in [0.5, 0.6) is 0 Å². The highest BCUT2D eigenvalue weighted by Gasteiger charge is 2.63. The summed E-state index contributed by atoms with van der Waals surface area (Å²) in [6, 6.07) is 8.62. The Bertz CT molecular complexity index is 1760. The van der Waals surface area contributed by atoms with E-state index in [-0.39, 0.29) is 35.7 Å². The Balaban J connectivity index is 1.23. The van der Waals surface area contributed by atoms with Crippen LogP contribution in [-0.4, -0.2) is 98.5 Å². The maximum Gasteiger partial charge on any atom is 0.315 e. The number of ketones is 1. The second-order valence-electron chi connectivity index (χ2n) is 20.3. The molecule has 6 rings (SSSR count). The number of hydrogen-bond donors (Lipinski definition) is 5. The molecule has 0 saturated carbocycles. The number of Topliss-reactive ketones (excluding diaryl/α,β-unsaturated/α-hetero) is 1. The summed E-state index contributed by atoms with van der Waals surface area (Å²) in [4.78, 5) is 40.3. The molecule has 4 saturated heterocycles. The molecule has 4 fully saturated rings. The second-order valence-corrected chi connectivity index (χ2v) is 20.3. The van der Waals surface area contributed by atoms with Gasteiger partial charge in [0.05, 0.1) is 53.7 Å². The van der Waals surface area contributed by atoms with E-state index in [9.17, 15) is 29.7 Å². The van der Waals surface area contributed by atoms with E-state index < -0.39 is 89.0 Å². The van der Waals surface area contributed by atoms with Crippen LogP contribution in [0.2, 0.25) is 0 Å². The summed E-state index contributed by atoms with van der Waals surface area (Å²) in [6.45, 7) is 20.0. The first-order chi connectivity index (χ1) is 29.8. The van der Waals surface area contributed by atoms with Crippen LogP contribution in [0.4, 0.5) is 4.79 Å². The van der Waals surface area contributed by atoms with E-state index in [0.29, 0.717) is 64.3 Å². The molecular weight excluding hydrogens is 805 g/mol. The molecule has 0 aromatic heterocycles. The SMILES string of the molecule is CCC(C(=O)[C@@H](C)[C@@H](O)[C@H](C)[C@@H]1O[C@@H]([C@@H](CC)C(=O)O)CC[C@@H]1C)[C@H]1O[C@]2(C=C[C@@H](NC(=O)NCc3ccccc3)[C@]3(CC[C@@](C)([C@H]4CC[C@](O)(CC)[C@H](C)O4)O3)O2)[C@H](C)C[C@@H]1C. The quantitative estimate of drug-likeness (QED) is 0.109. The molecule has 63 heavy (non-hydrogen) atoms. The molecule has 5 aliphatic heterocycles. The standard InChI is InChI=1S/C50H78N2O11/c1-11-36(45(55)56)38-20-19-29(4)43(60-38)33(8)41(53)32(7)42(54)37(12-2)44-30(5)27-31(6)49(61-44)24-21-39(52-46(57)51-28-35-17-15-14-16-18-35)50(63-49)26-25-47(10,62-50)40-22-23-48(58,13-3)34(9)59-40/h14-18,21,24,29-34,36-41,43-44,53,58H,11-13,19-20,22-23,25-28H2,1-10H3,(H,55,56)(H2,51,52,57)/t29-,30-,31+,32-,33-,34-,36+,37?,38+,39+,40+,41+,43+,44-,47-,48+,49-,50-/m0/s1. The number of ether oxygens (including phenoxy) is 5. The van der Waals surface area contributed by atoms with Crippen molar-refractivity contribution in [3.8, 4) is 0 Å². The molecule has 0 aliphatic carbocycles. The molecule has 18 atom stereocenters. The number of aliphatic hydroxyl groups is 2. The molecule has 0 radical (unpaired) electrons. The van der Waals surface area contributed by atoms with Gasteiger partial charge < -0.3 is 49.6 Å². The summed E-state index contributed by atoms with van der Waals surface area (Å²) in [5, 5.41) is 39.1. The molecule has 354 valence electrons. The molecule has 13 nitrogen and oxygen atoms in total. The summed E-state index contributed by atoms with van der Waals surface area (Å²) in [7, 11) is 0. The van der Waals surface area contributed by atoms with Crippen molar-refractivity contribution in [3.63, 3.8) is 0 Å². The maximum atomic E-state index is 14.7. The fourth-order valence-electron chi connectivity index (χ4n) is 11.6. The minimum Gasteiger partial charge on any atom is -0.481 e. The predicted octanol–water partition coefficient (Wildman–Crippen LogP) is 7.70. The number of carboxylic acid groups (broad SMARTS) is 1. The van der Waals surface area contributed by atoms with E-state index in [0.717, 1.165) is 12.0 Å². The summed E-state index contributed by atoms with van der Waals surface area (Å²) < 4.78 is 34.6. The first-order valence-corrected chi connectivity index (χ1v) is 24.1. The van der Waals surface area contributed by atoms with Crippen LogP contribution in [0.15, 0.2) is 42.5 Å². The lowest BCUT2D eigenvalue weighted by Crippen LogP contribution is -2.66. The predicted molar refractivity (Wildman–Crippen MR) is 238 cm³/mol. The highest BCUT2D eigenvalue weighted by molar-refractivity contribution is 5.84. The number of rotatable bonds is 15. The lowest BCUT2D eigenvalue weighted by atomic mass is 9.72. The molecule has 5 aliphatic rings. The van der Waals surface area contributed by atoms with Crippen LogP contribution >= 0.6 is 0 Å². The topological polar surface area (TPSA) is 182 Å². The van der Waals surface area contributed by atoms with Crippen LogP contribution in [-0.2, 0) is 39.8 Å². The van der Waals surface area contributed by atoms with Gasteiger partial charge in [-0.25, -0.2) is 4.79 Å². The summed E-state index contributed by atoms with van der Waals surface area (Å²) in [5.41, 5.74) is -0.765. The van der Waals surface area contributed by atoms with E-state index in [1.807, 2.05) is 84.0 Å². The van der Waals surface area contributed by atoms with Crippen LogP contribution in [0, 0.1) is 41.4 Å². The van der Waals surface area contributed by atoms with Crippen molar-refractivity contribution in [2.45, 2.75) is 205 Å². The Hall–Kier alpha value is -2.91. The molecule has 5 heterocycles. The van der Waals surface area contributed by atoms with E-state index in [2.05, 4.69) is 31.4 Å². The highest BCUT2D eigenvalue weighted by atomic mass is 16.8. The molecule has 1 aromatic carbocycles. The number of aliphatic hydroxyl groups excluding tert-OH is 1. The molecule has 1 aromatic rings. The van der Waals surface area contributed by atoms with Crippen molar-refractivity contribution in [1.29, 1.82) is 0 Å². The van der Waals surface area contributed by atoms with E-state index in [1.54, 1.807) is 6.92 Å². The number of benzene rings is 1. The average Bonchev–Trinajstić information content (AvgIpc) is 3.60. The zero-order chi connectivity index (χ0) is 46.1. The summed E-state index contributed by atoms with van der Waals surface area (Å²) in [5.74, 6) is -6.06. The van der Waals surface area contributed by atoms with Gasteiger partial charge in [0.2, 0.25) is 0 Å². The number of amides is 2. The van der Waals surface area contributed by atoms with Crippen molar-refractivity contribution in [1.82, 2.24) is 10.6 Å². The minimum absolute atomic E-state index is 0.0255. The largest absolute Gasteiger partial charge is 0.481 e. The highest BCUT2D eigenvalue weighted by Crippen LogP contribution is 2.54. The second kappa shape index (κ2) is 19.9. The Morgan fingerprint density at radius 3 is 2.21 bits per heavy atom. The molecule has 2 amide bonds. The van der Waals surface area contributed by atoms with Gasteiger partial charge in [0.15, 0.2) is 11.6 Å². The van der Waals surface area contributed by atoms with E-state index >= 15 is 0 Å². The number of carbonyl (C=O) groups excluding carboxylic acids is 2. The van der Waals surface area contributed by atoms with Gasteiger partial charge in [-0.15, -0.1) is 0 Å². The van der Waals surface area contributed by atoms with Gasteiger partial charge in [0, 0.05) is 36.6 Å². The smallest absolute Gasteiger partial charge is 0.315 e. The fourth-order valence-corrected chi connectivity index (χ4v) is 11.6. The number of aliphatic carboxylic acids is 1. The number of carboxylic acids is 1. The van der Waals surface area contributed by atoms with Gasteiger partial charge in [-0.1, -0.05) is 91.8 Å². The normalized spacial score (nSPS) is 40.5. The maximum absolute atomic E-state index is 14.7. The van der Waals surface area contributed by atoms with Crippen LogP contribution < -0.4 is 10.6 Å². The average molecular weight is 883 g/mol. The Morgan fingerprint density at radius 1 is 0.873 bits per heavy atom. The molecule has 13 heteroatoms. The third-order valence-electron chi connectivity index (χ3n) is 16.1. The number of carbonyl (C=O) groups is 3. The van der Waals surface area contributed by atoms with Crippen LogP contribution in [0.3, 0.4) is 0 Å². The molecule has 1 unspecified atom stereocenters. The van der Waals surface area contributed by atoms with Gasteiger partial charge >= 0.3 is 12.0 Å². The van der Waals surface area contributed by atoms with Crippen LogP contribution in [0.1, 0.15) is 139 Å². The Kier molecular flexibility index (Phi) is 15.6. The van der Waals surface area contributed by atoms with E-state index in [1.165, 1.54) is 0 Å². The van der Waals surface area contributed by atoms with Gasteiger partial charge in [-0.2, -0.15) is 0 Å². The van der Waals surface area contributed by atoms with Gasteiger partial charge in [-0.05, 0) is 95.1 Å². The first-order valence-electron chi connectivity index (χ1n) is 24.1. The monoisotopic (exact) mass is 883 g/mol. The molecule has 5 N–H and O–H groups in total. The lowest BCUT2D eigenvalue weighted by molar-refractivity contribution is -0.397. The van der Waals surface area contributed by atoms with Crippen molar-refractivity contribution >= 4 is 17.8 Å². The Morgan fingerprint density at radius 2 is 1.57 bits per heavy atom. The lowest BCUT2D eigenvalue weighted by Gasteiger charge is -2.55. The fraction of sp³-hybridized carbons (Fsp3) is 0.780. The van der Waals surface area contributed by atoms with E-state index in [4.69, 9.17) is 23.7 Å². The first kappa shape index (κ1) is 49.5. The number of urea groups is 1. The minimum atomic E-state index is -1.35. The molecule has 0 bridgehead atoms. The van der Waals surface area contributed by atoms with Crippen molar-refractivity contribution in [2.75, 3.05) is 0 Å². The molecule has 2 spiro atoms. The van der Waals surface area contributed by atoms with Crippen molar-refractivity contribution in [2.24, 2.45) is 41.4 Å². The third kappa shape index (κ3) is 10.1. The molecular formula is C50H78N2O11. The van der Waals surface area contributed by atoms with Gasteiger partial charge in [0.1, 0.15) is 11.8 Å². The Labute approximate surface area is 375 Å². The zero-order valence-electron chi connectivity index (χ0n) is 39.5. The summed E-state index contributed by atoms with van der Waals surface area (Å²) in [6.07, 6.45) is 6.46. The number of nitrogens with one attached hydrogen (secondary N) is 2.